The van der Waals surface area contributed by atoms with Crippen LogP contribution in [0.3, 0.4) is 0 Å². The van der Waals surface area contributed by atoms with Gasteiger partial charge in [-0.15, -0.1) is 0 Å². The van der Waals surface area contributed by atoms with Crippen LogP contribution in [0.2, 0.25) is 0 Å². The molecule has 5 rings (SSSR count). The van der Waals surface area contributed by atoms with E-state index in [9.17, 15) is 29.7 Å². The van der Waals surface area contributed by atoms with E-state index in [1.165, 1.54) is 14.2 Å². The number of carbonyl (C=O) groups excluding carboxylic acids is 3. The average molecular weight is 542 g/mol. The quantitative estimate of drug-likeness (QED) is 0.443. The van der Waals surface area contributed by atoms with Crippen LogP contribution in [-0.4, -0.2) is 77.2 Å². The smallest absolute Gasteiger partial charge is 0.252 e. The van der Waals surface area contributed by atoms with Gasteiger partial charge in [0.15, 0.2) is 17.1 Å². The minimum absolute atomic E-state index is 0.0124. The SMILES string of the molecule is C=C1C(C(N)=O)=C(O)C[C@@H]2CC3Cc4c(F)cc(N(C)C(=O)CN5CCCC5)c(O)c4C(O)=C3C(=O)[C@]12OC. The monoisotopic (exact) mass is 541 g/mol. The first-order chi connectivity index (χ1) is 18.4. The number of nitrogens with zero attached hydrogens (tertiary/aromatic N) is 2. The molecule has 10 nitrogen and oxygen atoms in total. The molecule has 1 saturated carbocycles. The van der Waals surface area contributed by atoms with E-state index in [4.69, 9.17) is 10.5 Å². The van der Waals surface area contributed by atoms with Crippen LogP contribution in [0.4, 0.5) is 10.1 Å². The van der Waals surface area contributed by atoms with Gasteiger partial charge in [-0.2, -0.15) is 0 Å². The number of amides is 2. The van der Waals surface area contributed by atoms with Crippen molar-refractivity contribution in [2.45, 2.75) is 37.7 Å². The summed E-state index contributed by atoms with van der Waals surface area (Å²) in [5.74, 6) is -5.50. The Morgan fingerprint density at radius 2 is 1.92 bits per heavy atom. The molecule has 3 atom stereocenters. The van der Waals surface area contributed by atoms with E-state index in [0.717, 1.165) is 36.9 Å². The van der Waals surface area contributed by atoms with Crippen LogP contribution in [0.15, 0.2) is 35.1 Å². The summed E-state index contributed by atoms with van der Waals surface area (Å²) in [6.07, 6.45) is 2.06. The summed E-state index contributed by atoms with van der Waals surface area (Å²) < 4.78 is 21.2. The molecule has 3 aliphatic carbocycles. The van der Waals surface area contributed by atoms with Crippen LogP contribution in [0.25, 0.3) is 5.76 Å². The summed E-state index contributed by atoms with van der Waals surface area (Å²) in [4.78, 5) is 42.2. The third kappa shape index (κ3) is 3.86. The van der Waals surface area contributed by atoms with Crippen molar-refractivity contribution in [1.82, 2.24) is 4.90 Å². The number of primary amides is 1. The molecule has 4 aliphatic rings. The number of carbonyl (C=O) groups is 3. The first kappa shape index (κ1) is 26.9. The standard InChI is InChI=1S/C28H32FN3O7/c1-13-21(27(30)38)19(33)10-15-8-14-9-16-17(29)11-18(31(2)20(34)12-32-6-4-5-7-32)24(35)23(16)25(36)22(14)26(37)28(13,15)39-3/h11,14-15,33,35-36H,1,4-10,12H2,2-3H3,(H2,30,38)/t14?,15-,28-/m0/s1. The van der Waals surface area contributed by atoms with Gasteiger partial charge in [0.05, 0.1) is 23.4 Å². The number of phenolic OH excluding ortho intramolecular Hbond substituents is 1. The summed E-state index contributed by atoms with van der Waals surface area (Å²) in [7, 11) is 2.68. The van der Waals surface area contributed by atoms with Crippen molar-refractivity contribution in [2.75, 3.05) is 38.7 Å². The highest BCUT2D eigenvalue weighted by molar-refractivity contribution is 6.14. The number of hydrogen-bond acceptors (Lipinski definition) is 8. The van der Waals surface area contributed by atoms with E-state index in [-0.39, 0.29) is 71.0 Å². The van der Waals surface area contributed by atoms with Crippen molar-refractivity contribution in [3.05, 3.63) is 52.1 Å². The number of Topliss-reactive ketones (excluding diaryl/α,β-unsaturated/α-hetero) is 1. The molecular weight excluding hydrogens is 509 g/mol. The fourth-order valence-corrected chi connectivity index (χ4v) is 6.79. The zero-order valence-corrected chi connectivity index (χ0v) is 21.9. The molecule has 1 aromatic carbocycles. The first-order valence-electron chi connectivity index (χ1n) is 12.9. The number of aliphatic hydroxyl groups is 2. The fourth-order valence-electron chi connectivity index (χ4n) is 6.79. The predicted molar refractivity (Wildman–Crippen MR) is 139 cm³/mol. The number of allylic oxidation sites excluding steroid dienone is 1. The number of rotatable bonds is 5. The van der Waals surface area contributed by atoms with Crippen LogP contribution in [0.5, 0.6) is 5.75 Å². The molecule has 2 amide bonds. The molecule has 1 unspecified atom stereocenters. The number of halogens is 1. The normalized spacial score (nSPS) is 26.8. The Hall–Kier alpha value is -3.70. The number of nitrogens with two attached hydrogens (primary N) is 1. The number of benzene rings is 1. The van der Waals surface area contributed by atoms with E-state index in [1.807, 2.05) is 4.90 Å². The van der Waals surface area contributed by atoms with Crippen molar-refractivity contribution >= 4 is 29.0 Å². The van der Waals surface area contributed by atoms with Gasteiger partial charge in [-0.3, -0.25) is 19.3 Å². The number of ether oxygens (including phenoxy) is 1. The van der Waals surface area contributed by atoms with Crippen LogP contribution < -0.4 is 10.6 Å². The summed E-state index contributed by atoms with van der Waals surface area (Å²) in [6, 6.07) is 1.06. The minimum atomic E-state index is -1.79. The molecule has 2 fully saturated rings. The van der Waals surface area contributed by atoms with Gasteiger partial charge in [0.25, 0.3) is 5.91 Å². The molecule has 5 N–H and O–H groups in total. The van der Waals surface area contributed by atoms with Gasteiger partial charge < -0.3 is 30.7 Å². The molecule has 0 radical (unpaired) electrons. The predicted octanol–water partition coefficient (Wildman–Crippen LogP) is 2.26. The second-order valence-electron chi connectivity index (χ2n) is 10.7. The topological polar surface area (TPSA) is 154 Å². The minimum Gasteiger partial charge on any atom is -0.511 e. The van der Waals surface area contributed by atoms with Gasteiger partial charge in [-0.05, 0) is 44.7 Å². The lowest BCUT2D eigenvalue weighted by Crippen LogP contribution is -2.58. The zero-order valence-electron chi connectivity index (χ0n) is 21.9. The van der Waals surface area contributed by atoms with Gasteiger partial charge in [-0.25, -0.2) is 4.39 Å². The van der Waals surface area contributed by atoms with Gasteiger partial charge in [0.1, 0.15) is 17.3 Å². The summed E-state index contributed by atoms with van der Waals surface area (Å²) in [5, 5.41) is 33.1. The molecule has 1 saturated heterocycles. The molecule has 0 spiro atoms. The number of anilines is 1. The Kier molecular flexibility index (Phi) is 6.54. The Morgan fingerprint density at radius 1 is 1.26 bits per heavy atom. The van der Waals surface area contributed by atoms with Crippen molar-refractivity contribution in [2.24, 2.45) is 17.6 Å². The number of likely N-dealkylation sites (N-methyl/N-ethyl adjacent to an activating group) is 1. The molecule has 0 aromatic heterocycles. The highest BCUT2D eigenvalue weighted by Gasteiger charge is 2.60. The van der Waals surface area contributed by atoms with Crippen LogP contribution in [0.1, 0.15) is 36.8 Å². The van der Waals surface area contributed by atoms with Crippen molar-refractivity contribution < 1.29 is 38.8 Å². The lowest BCUT2D eigenvalue weighted by atomic mass is 9.57. The van der Waals surface area contributed by atoms with Crippen molar-refractivity contribution in [3.8, 4) is 5.75 Å². The van der Waals surface area contributed by atoms with Crippen molar-refractivity contribution in [1.29, 1.82) is 0 Å². The highest BCUT2D eigenvalue weighted by Crippen LogP contribution is 2.55. The zero-order chi connectivity index (χ0) is 28.4. The van der Waals surface area contributed by atoms with E-state index in [1.54, 1.807) is 0 Å². The summed E-state index contributed by atoms with van der Waals surface area (Å²) >= 11 is 0. The second-order valence-corrected chi connectivity index (χ2v) is 10.7. The maximum Gasteiger partial charge on any atom is 0.252 e. The molecule has 1 heterocycles. The molecule has 11 heteroatoms. The van der Waals surface area contributed by atoms with Crippen LogP contribution >= 0.6 is 0 Å². The Morgan fingerprint density at radius 3 is 2.54 bits per heavy atom. The van der Waals surface area contributed by atoms with Crippen LogP contribution in [-0.2, 0) is 25.5 Å². The molecule has 39 heavy (non-hydrogen) atoms. The summed E-state index contributed by atoms with van der Waals surface area (Å²) in [6.45, 7) is 5.51. The van der Waals surface area contributed by atoms with Gasteiger partial charge >= 0.3 is 0 Å². The number of hydrogen-bond donors (Lipinski definition) is 4. The number of fused-ring (bicyclic) bond motifs is 3. The average Bonchev–Trinajstić information content (AvgIpc) is 3.38. The number of phenols is 1. The number of likely N-dealkylation sites (tertiary alicyclic amines) is 1. The van der Waals surface area contributed by atoms with E-state index < -0.39 is 46.5 Å². The van der Waals surface area contributed by atoms with Crippen LogP contribution in [0, 0.1) is 17.7 Å². The maximum absolute atomic E-state index is 15.5. The number of aromatic hydroxyl groups is 1. The number of methoxy groups -OCH3 is 1. The Labute approximate surface area is 224 Å². The molecule has 1 aliphatic heterocycles. The van der Waals surface area contributed by atoms with Crippen molar-refractivity contribution in [3.63, 3.8) is 0 Å². The molecule has 0 bridgehead atoms. The van der Waals surface area contributed by atoms with E-state index in [0.29, 0.717) is 0 Å². The third-order valence-corrected chi connectivity index (χ3v) is 8.75. The lowest BCUT2D eigenvalue weighted by molar-refractivity contribution is -0.144. The van der Waals surface area contributed by atoms with E-state index in [2.05, 4.69) is 6.58 Å². The molecule has 1 aromatic rings. The second kappa shape index (κ2) is 9.49. The largest absolute Gasteiger partial charge is 0.511 e. The Balaban J connectivity index is 1.59. The van der Waals surface area contributed by atoms with Gasteiger partial charge in [-0.1, -0.05) is 6.58 Å². The van der Waals surface area contributed by atoms with Gasteiger partial charge in [0, 0.05) is 49.3 Å². The lowest BCUT2D eigenvalue weighted by Gasteiger charge is -2.49. The van der Waals surface area contributed by atoms with E-state index >= 15 is 4.39 Å². The van der Waals surface area contributed by atoms with Gasteiger partial charge in [0.2, 0.25) is 5.91 Å². The third-order valence-electron chi connectivity index (χ3n) is 8.75. The Bertz CT molecular complexity index is 1380. The number of aliphatic hydroxyl groups excluding tert-OH is 2. The summed E-state index contributed by atoms with van der Waals surface area (Å²) in [5.41, 5.74) is 2.79. The first-order valence-corrected chi connectivity index (χ1v) is 12.9. The molecular formula is C28H32FN3O7. The maximum atomic E-state index is 15.5. The molecule has 208 valence electrons. The number of ketones is 1. The fraction of sp³-hybridized carbons (Fsp3) is 0.464. The highest BCUT2D eigenvalue weighted by atomic mass is 19.1.